The van der Waals surface area contributed by atoms with Crippen molar-refractivity contribution in [1.29, 1.82) is 0 Å². The van der Waals surface area contributed by atoms with E-state index in [1.54, 1.807) is 0 Å². The molecule has 1 unspecified atom stereocenters. The SMILES string of the molecule is CCC(c1ccccc1)n1nnc2ccccc21. The Hall–Kier alpha value is -2.16. The average Bonchev–Trinajstić information content (AvgIpc) is 2.85. The third-order valence-electron chi connectivity index (χ3n) is 3.24. The first kappa shape index (κ1) is 11.0. The number of rotatable bonds is 3. The van der Waals surface area contributed by atoms with Crippen molar-refractivity contribution >= 4 is 11.0 Å². The van der Waals surface area contributed by atoms with Gasteiger partial charge in [-0.25, -0.2) is 4.68 Å². The van der Waals surface area contributed by atoms with Crippen molar-refractivity contribution in [2.45, 2.75) is 19.4 Å². The van der Waals surface area contributed by atoms with Crippen LogP contribution in [0.3, 0.4) is 0 Å². The molecule has 0 amide bonds. The highest BCUT2D eigenvalue weighted by Gasteiger charge is 2.15. The predicted molar refractivity (Wildman–Crippen MR) is 72.4 cm³/mol. The number of hydrogen-bond donors (Lipinski definition) is 0. The fourth-order valence-electron chi connectivity index (χ4n) is 2.34. The standard InChI is InChI=1S/C15H15N3/c1-2-14(12-8-4-3-5-9-12)18-15-11-7-6-10-13(15)16-17-18/h3-11,14H,2H2,1H3. The summed E-state index contributed by atoms with van der Waals surface area (Å²) in [5.41, 5.74) is 3.32. The Labute approximate surface area is 106 Å². The third-order valence-corrected chi connectivity index (χ3v) is 3.24. The first-order valence-corrected chi connectivity index (χ1v) is 6.25. The summed E-state index contributed by atoms with van der Waals surface area (Å²) in [5, 5.41) is 8.54. The molecular formula is C15H15N3. The zero-order chi connectivity index (χ0) is 12.4. The van der Waals surface area contributed by atoms with E-state index in [1.165, 1.54) is 5.56 Å². The monoisotopic (exact) mass is 237 g/mol. The molecule has 0 aliphatic carbocycles. The van der Waals surface area contributed by atoms with Gasteiger partial charge in [0.15, 0.2) is 0 Å². The number of nitrogens with zero attached hydrogens (tertiary/aromatic N) is 3. The van der Waals surface area contributed by atoms with Crippen LogP contribution in [0.2, 0.25) is 0 Å². The summed E-state index contributed by atoms with van der Waals surface area (Å²) in [4.78, 5) is 0. The van der Waals surface area contributed by atoms with Crippen molar-refractivity contribution in [2.24, 2.45) is 0 Å². The summed E-state index contributed by atoms with van der Waals surface area (Å²) in [5.74, 6) is 0. The Kier molecular flexibility index (Phi) is 2.81. The van der Waals surface area contributed by atoms with Gasteiger partial charge in [0.25, 0.3) is 0 Å². The van der Waals surface area contributed by atoms with Crippen molar-refractivity contribution in [1.82, 2.24) is 15.0 Å². The van der Waals surface area contributed by atoms with Gasteiger partial charge in [-0.3, -0.25) is 0 Å². The van der Waals surface area contributed by atoms with E-state index < -0.39 is 0 Å². The topological polar surface area (TPSA) is 30.7 Å². The lowest BCUT2D eigenvalue weighted by molar-refractivity contribution is 0.508. The molecule has 3 heteroatoms. The third kappa shape index (κ3) is 1.78. The average molecular weight is 237 g/mol. The first-order valence-electron chi connectivity index (χ1n) is 6.25. The highest BCUT2D eigenvalue weighted by molar-refractivity contribution is 5.74. The molecule has 1 atom stereocenters. The fraction of sp³-hybridized carbons (Fsp3) is 0.200. The largest absolute Gasteiger partial charge is 0.237 e. The van der Waals surface area contributed by atoms with Gasteiger partial charge in [-0.1, -0.05) is 54.6 Å². The molecule has 1 heterocycles. The normalized spacial score (nSPS) is 12.7. The van der Waals surface area contributed by atoms with Gasteiger partial charge in [-0.2, -0.15) is 0 Å². The van der Waals surface area contributed by atoms with Crippen LogP contribution in [-0.2, 0) is 0 Å². The molecule has 0 saturated carbocycles. The summed E-state index contributed by atoms with van der Waals surface area (Å²) in [6.45, 7) is 2.17. The molecular weight excluding hydrogens is 222 g/mol. The molecule has 3 rings (SSSR count). The summed E-state index contributed by atoms with van der Waals surface area (Å²) < 4.78 is 2.02. The molecule has 0 aliphatic heterocycles. The Morgan fingerprint density at radius 1 is 1.00 bits per heavy atom. The van der Waals surface area contributed by atoms with Crippen molar-refractivity contribution in [3.63, 3.8) is 0 Å². The number of aromatic nitrogens is 3. The van der Waals surface area contributed by atoms with E-state index in [4.69, 9.17) is 0 Å². The lowest BCUT2D eigenvalue weighted by Crippen LogP contribution is -2.11. The number of hydrogen-bond acceptors (Lipinski definition) is 2. The molecule has 0 bridgehead atoms. The minimum Gasteiger partial charge on any atom is -0.237 e. The van der Waals surface area contributed by atoms with Crippen LogP contribution in [0.1, 0.15) is 24.9 Å². The Morgan fingerprint density at radius 2 is 1.72 bits per heavy atom. The smallest absolute Gasteiger partial charge is 0.113 e. The number of benzene rings is 2. The predicted octanol–water partition coefficient (Wildman–Crippen LogP) is 3.43. The van der Waals surface area contributed by atoms with Crippen LogP contribution in [0, 0.1) is 0 Å². The summed E-state index contributed by atoms with van der Waals surface area (Å²) in [6.07, 6.45) is 0.997. The van der Waals surface area contributed by atoms with Gasteiger partial charge < -0.3 is 0 Å². The maximum absolute atomic E-state index is 4.31. The molecule has 3 aromatic rings. The number of para-hydroxylation sites is 1. The molecule has 0 fully saturated rings. The Balaban J connectivity index is 2.12. The molecule has 90 valence electrons. The second-order valence-electron chi connectivity index (χ2n) is 4.36. The molecule has 0 spiro atoms. The highest BCUT2D eigenvalue weighted by atomic mass is 15.4. The summed E-state index contributed by atoms with van der Waals surface area (Å²) >= 11 is 0. The fourth-order valence-corrected chi connectivity index (χ4v) is 2.34. The van der Waals surface area contributed by atoms with Crippen molar-refractivity contribution in [3.8, 4) is 0 Å². The minimum atomic E-state index is 0.249. The zero-order valence-electron chi connectivity index (χ0n) is 10.3. The second-order valence-corrected chi connectivity index (χ2v) is 4.36. The van der Waals surface area contributed by atoms with Gasteiger partial charge in [0.05, 0.1) is 11.6 Å². The lowest BCUT2D eigenvalue weighted by atomic mass is 10.0. The molecule has 0 N–H and O–H groups in total. The lowest BCUT2D eigenvalue weighted by Gasteiger charge is -2.16. The van der Waals surface area contributed by atoms with Crippen LogP contribution in [-0.4, -0.2) is 15.0 Å². The summed E-state index contributed by atoms with van der Waals surface area (Å²) in [6, 6.07) is 18.8. The molecule has 1 aromatic heterocycles. The molecule has 0 radical (unpaired) electrons. The van der Waals surface area contributed by atoms with E-state index in [2.05, 4.69) is 47.6 Å². The molecule has 3 nitrogen and oxygen atoms in total. The second kappa shape index (κ2) is 4.61. The van der Waals surface area contributed by atoms with E-state index in [0.717, 1.165) is 17.5 Å². The van der Waals surface area contributed by atoms with E-state index in [0.29, 0.717) is 0 Å². The van der Waals surface area contributed by atoms with Crippen molar-refractivity contribution < 1.29 is 0 Å². The van der Waals surface area contributed by atoms with E-state index >= 15 is 0 Å². The first-order chi connectivity index (χ1) is 8.90. The molecule has 0 saturated heterocycles. The minimum absolute atomic E-state index is 0.249. The molecule has 18 heavy (non-hydrogen) atoms. The van der Waals surface area contributed by atoms with Crippen LogP contribution >= 0.6 is 0 Å². The zero-order valence-corrected chi connectivity index (χ0v) is 10.3. The van der Waals surface area contributed by atoms with E-state index in [1.807, 2.05) is 28.9 Å². The molecule has 0 aliphatic rings. The van der Waals surface area contributed by atoms with Gasteiger partial charge >= 0.3 is 0 Å². The van der Waals surface area contributed by atoms with Crippen LogP contribution in [0.25, 0.3) is 11.0 Å². The van der Waals surface area contributed by atoms with Crippen LogP contribution in [0.15, 0.2) is 54.6 Å². The quantitative estimate of drug-likeness (QED) is 0.698. The van der Waals surface area contributed by atoms with Crippen LogP contribution in [0.5, 0.6) is 0 Å². The van der Waals surface area contributed by atoms with Gasteiger partial charge in [0.1, 0.15) is 5.52 Å². The van der Waals surface area contributed by atoms with E-state index in [-0.39, 0.29) is 6.04 Å². The van der Waals surface area contributed by atoms with E-state index in [9.17, 15) is 0 Å². The maximum Gasteiger partial charge on any atom is 0.113 e. The van der Waals surface area contributed by atoms with Crippen molar-refractivity contribution in [2.75, 3.05) is 0 Å². The van der Waals surface area contributed by atoms with Crippen LogP contribution < -0.4 is 0 Å². The Bertz CT molecular complexity index is 643. The van der Waals surface area contributed by atoms with Crippen LogP contribution in [0.4, 0.5) is 0 Å². The highest BCUT2D eigenvalue weighted by Crippen LogP contribution is 2.24. The Morgan fingerprint density at radius 3 is 2.50 bits per heavy atom. The van der Waals surface area contributed by atoms with Gasteiger partial charge in [0.2, 0.25) is 0 Å². The van der Waals surface area contributed by atoms with Gasteiger partial charge in [0, 0.05) is 0 Å². The summed E-state index contributed by atoms with van der Waals surface area (Å²) in [7, 11) is 0. The molecule has 2 aromatic carbocycles. The van der Waals surface area contributed by atoms with Gasteiger partial charge in [-0.15, -0.1) is 5.10 Å². The number of fused-ring (bicyclic) bond motifs is 1. The van der Waals surface area contributed by atoms with Crippen molar-refractivity contribution in [3.05, 3.63) is 60.2 Å². The maximum atomic E-state index is 4.31. The van der Waals surface area contributed by atoms with Gasteiger partial charge in [-0.05, 0) is 24.1 Å².